The van der Waals surface area contributed by atoms with E-state index >= 15 is 0 Å². The summed E-state index contributed by atoms with van der Waals surface area (Å²) in [6.45, 7) is 2.50. The number of rotatable bonds is 3. The monoisotopic (exact) mass is 312 g/mol. The number of carbonyl (C=O) groups is 1. The third-order valence-corrected chi connectivity index (χ3v) is 5.66. The molecule has 0 aromatic heterocycles. The molecule has 2 rings (SSSR count). The van der Waals surface area contributed by atoms with E-state index in [9.17, 15) is 13.2 Å². The molecule has 0 saturated carbocycles. The Labute approximate surface area is 125 Å². The van der Waals surface area contributed by atoms with E-state index in [2.05, 4.69) is 10.1 Å². The lowest BCUT2D eigenvalue weighted by molar-refractivity contribution is 0.187. The highest BCUT2D eigenvalue weighted by Crippen LogP contribution is 2.25. The van der Waals surface area contributed by atoms with Crippen LogP contribution in [-0.4, -0.2) is 38.5 Å². The van der Waals surface area contributed by atoms with E-state index in [0.29, 0.717) is 12.2 Å². The Hall–Kier alpha value is -1.60. The maximum atomic E-state index is 12.6. The van der Waals surface area contributed by atoms with Crippen molar-refractivity contribution < 1.29 is 17.9 Å². The van der Waals surface area contributed by atoms with Crippen molar-refractivity contribution in [3.05, 3.63) is 24.3 Å². The Bertz CT molecular complexity index is 598. The molecule has 1 N–H and O–H groups in total. The summed E-state index contributed by atoms with van der Waals surface area (Å²) >= 11 is 0. The average Bonchev–Trinajstić information content (AvgIpc) is 2.48. The van der Waals surface area contributed by atoms with Crippen molar-refractivity contribution in [2.75, 3.05) is 19.0 Å². The Morgan fingerprint density at radius 2 is 1.95 bits per heavy atom. The first-order valence-corrected chi connectivity index (χ1v) is 8.36. The lowest BCUT2D eigenvalue weighted by Crippen LogP contribution is -2.41. The van der Waals surface area contributed by atoms with Crippen LogP contribution in [0.15, 0.2) is 29.2 Å². The van der Waals surface area contributed by atoms with E-state index in [-0.39, 0.29) is 10.9 Å². The SMILES string of the molecule is COC(=O)Nc1ccc(S(=O)(=O)N2CCCC[C@H]2C)cc1. The maximum Gasteiger partial charge on any atom is 0.411 e. The zero-order valence-electron chi connectivity index (χ0n) is 12.2. The van der Waals surface area contributed by atoms with Crippen LogP contribution in [0.3, 0.4) is 0 Å². The van der Waals surface area contributed by atoms with Crippen LogP contribution in [0, 0.1) is 0 Å². The molecule has 116 valence electrons. The highest BCUT2D eigenvalue weighted by atomic mass is 32.2. The van der Waals surface area contributed by atoms with Crippen LogP contribution >= 0.6 is 0 Å². The van der Waals surface area contributed by atoms with E-state index in [1.165, 1.54) is 19.2 Å². The van der Waals surface area contributed by atoms with Gasteiger partial charge in [0.25, 0.3) is 0 Å². The first-order chi connectivity index (χ1) is 9.95. The molecule has 6 nitrogen and oxygen atoms in total. The molecule has 1 aliphatic rings. The Kier molecular flexibility index (Phi) is 4.84. The topological polar surface area (TPSA) is 75.7 Å². The minimum atomic E-state index is -3.47. The second-order valence-corrected chi connectivity index (χ2v) is 6.99. The summed E-state index contributed by atoms with van der Waals surface area (Å²) in [5.41, 5.74) is 0.493. The molecule has 0 aliphatic carbocycles. The van der Waals surface area contributed by atoms with Crippen molar-refractivity contribution in [3.8, 4) is 0 Å². The van der Waals surface area contributed by atoms with E-state index in [4.69, 9.17) is 0 Å². The Balaban J connectivity index is 2.18. The molecule has 7 heteroatoms. The molecular weight excluding hydrogens is 292 g/mol. The van der Waals surface area contributed by atoms with E-state index in [1.54, 1.807) is 16.4 Å². The first kappa shape index (κ1) is 15.8. The summed E-state index contributed by atoms with van der Waals surface area (Å²) in [5, 5.41) is 2.49. The van der Waals surface area contributed by atoms with Gasteiger partial charge in [-0.1, -0.05) is 6.42 Å². The quantitative estimate of drug-likeness (QED) is 0.930. The molecule has 1 aromatic rings. The summed E-state index contributed by atoms with van der Waals surface area (Å²) in [6, 6.07) is 6.14. The van der Waals surface area contributed by atoms with Crippen LogP contribution in [0.2, 0.25) is 0 Å². The van der Waals surface area contributed by atoms with Crippen LogP contribution in [0.25, 0.3) is 0 Å². The normalized spacial score (nSPS) is 20.0. The number of amides is 1. The van der Waals surface area contributed by atoms with E-state index < -0.39 is 16.1 Å². The van der Waals surface area contributed by atoms with Crippen molar-refractivity contribution in [2.24, 2.45) is 0 Å². The molecule has 0 radical (unpaired) electrons. The Morgan fingerprint density at radius 1 is 1.29 bits per heavy atom. The minimum absolute atomic E-state index is 0.0246. The number of piperidine rings is 1. The van der Waals surface area contributed by atoms with Crippen LogP contribution in [-0.2, 0) is 14.8 Å². The molecule has 1 saturated heterocycles. The van der Waals surface area contributed by atoms with Gasteiger partial charge < -0.3 is 4.74 Å². The highest BCUT2D eigenvalue weighted by Gasteiger charge is 2.30. The fraction of sp³-hybridized carbons (Fsp3) is 0.500. The molecule has 21 heavy (non-hydrogen) atoms. The number of sulfonamides is 1. The van der Waals surface area contributed by atoms with Gasteiger partial charge in [-0.15, -0.1) is 0 Å². The average molecular weight is 312 g/mol. The van der Waals surface area contributed by atoms with Gasteiger partial charge in [-0.05, 0) is 44.0 Å². The molecule has 1 heterocycles. The summed E-state index contributed by atoms with van der Waals surface area (Å²) in [5.74, 6) is 0. The number of ether oxygens (including phenoxy) is 1. The molecule has 0 spiro atoms. The molecule has 0 unspecified atom stereocenters. The third kappa shape index (κ3) is 3.54. The zero-order chi connectivity index (χ0) is 15.5. The molecule has 1 aliphatic heterocycles. The van der Waals surface area contributed by atoms with Crippen molar-refractivity contribution in [2.45, 2.75) is 37.1 Å². The molecular formula is C14H20N2O4S. The summed E-state index contributed by atoms with van der Waals surface area (Å²) in [6.07, 6.45) is 2.26. The highest BCUT2D eigenvalue weighted by molar-refractivity contribution is 7.89. The van der Waals surface area contributed by atoms with Gasteiger partial charge in [-0.3, -0.25) is 5.32 Å². The number of carbonyl (C=O) groups excluding carboxylic acids is 1. The second kappa shape index (κ2) is 6.44. The van der Waals surface area contributed by atoms with Gasteiger partial charge in [0.05, 0.1) is 12.0 Å². The number of nitrogens with zero attached hydrogens (tertiary/aromatic N) is 1. The second-order valence-electron chi connectivity index (χ2n) is 5.10. The first-order valence-electron chi connectivity index (χ1n) is 6.92. The number of benzene rings is 1. The number of nitrogens with one attached hydrogen (secondary N) is 1. The van der Waals surface area contributed by atoms with Crippen molar-refractivity contribution in [1.29, 1.82) is 0 Å². The molecule has 0 bridgehead atoms. The lowest BCUT2D eigenvalue weighted by atomic mass is 10.1. The van der Waals surface area contributed by atoms with Gasteiger partial charge >= 0.3 is 6.09 Å². The fourth-order valence-electron chi connectivity index (χ4n) is 2.44. The molecule has 1 atom stereocenters. The van der Waals surface area contributed by atoms with Crippen LogP contribution < -0.4 is 5.32 Å². The summed E-state index contributed by atoms with van der Waals surface area (Å²) < 4.78 is 31.2. The van der Waals surface area contributed by atoms with Gasteiger partial charge in [0, 0.05) is 18.3 Å². The number of hydrogen-bond acceptors (Lipinski definition) is 4. The van der Waals surface area contributed by atoms with Crippen LogP contribution in [0.5, 0.6) is 0 Å². The van der Waals surface area contributed by atoms with Gasteiger partial charge in [-0.2, -0.15) is 4.31 Å². The summed E-state index contributed by atoms with van der Waals surface area (Å²) in [7, 11) is -2.20. The fourth-order valence-corrected chi connectivity index (χ4v) is 4.14. The van der Waals surface area contributed by atoms with Crippen molar-refractivity contribution in [3.63, 3.8) is 0 Å². The molecule has 1 aromatic carbocycles. The zero-order valence-corrected chi connectivity index (χ0v) is 13.0. The Morgan fingerprint density at radius 3 is 2.52 bits per heavy atom. The van der Waals surface area contributed by atoms with Crippen LogP contribution in [0.1, 0.15) is 26.2 Å². The number of anilines is 1. The minimum Gasteiger partial charge on any atom is -0.453 e. The predicted molar refractivity (Wildman–Crippen MR) is 79.7 cm³/mol. The van der Waals surface area contributed by atoms with E-state index in [0.717, 1.165) is 19.3 Å². The van der Waals surface area contributed by atoms with Crippen molar-refractivity contribution >= 4 is 21.8 Å². The number of methoxy groups -OCH3 is 1. The molecule has 1 amide bonds. The standard InChI is InChI=1S/C14H20N2O4S/c1-11-5-3-4-10-16(11)21(18,19)13-8-6-12(7-9-13)15-14(17)20-2/h6-9,11H,3-5,10H2,1-2H3,(H,15,17)/t11-/m1/s1. The van der Waals surface area contributed by atoms with Gasteiger partial charge in [0.15, 0.2) is 0 Å². The van der Waals surface area contributed by atoms with Gasteiger partial charge in [0.1, 0.15) is 0 Å². The predicted octanol–water partition coefficient (Wildman–Crippen LogP) is 2.43. The van der Waals surface area contributed by atoms with Gasteiger partial charge in [0.2, 0.25) is 10.0 Å². The van der Waals surface area contributed by atoms with E-state index in [1.807, 2.05) is 6.92 Å². The molecule has 1 fully saturated rings. The van der Waals surface area contributed by atoms with Crippen molar-refractivity contribution in [1.82, 2.24) is 4.31 Å². The lowest BCUT2D eigenvalue weighted by Gasteiger charge is -2.32. The third-order valence-electron chi connectivity index (χ3n) is 3.63. The number of hydrogen-bond donors (Lipinski definition) is 1. The van der Waals surface area contributed by atoms with Gasteiger partial charge in [-0.25, -0.2) is 13.2 Å². The largest absolute Gasteiger partial charge is 0.453 e. The van der Waals surface area contributed by atoms with Crippen LogP contribution in [0.4, 0.5) is 10.5 Å². The summed E-state index contributed by atoms with van der Waals surface area (Å²) in [4.78, 5) is 11.3. The maximum absolute atomic E-state index is 12.6. The smallest absolute Gasteiger partial charge is 0.411 e.